The zero-order chi connectivity index (χ0) is 18.3. The molecule has 0 saturated heterocycles. The molecule has 0 saturated carbocycles. The van der Waals surface area contributed by atoms with Crippen molar-refractivity contribution in [2.75, 3.05) is 6.54 Å². The summed E-state index contributed by atoms with van der Waals surface area (Å²) >= 11 is 0. The molecule has 0 unspecified atom stereocenters. The van der Waals surface area contributed by atoms with Gasteiger partial charge in [0.15, 0.2) is 0 Å². The molecule has 0 aliphatic heterocycles. The van der Waals surface area contributed by atoms with E-state index in [2.05, 4.69) is 15.2 Å². The lowest BCUT2D eigenvalue weighted by atomic mass is 10.2. The second-order valence-corrected chi connectivity index (χ2v) is 7.08. The molecule has 2 aromatic rings. The van der Waals surface area contributed by atoms with Gasteiger partial charge in [0.1, 0.15) is 5.75 Å². The second-order valence-electron chi connectivity index (χ2n) is 5.31. The van der Waals surface area contributed by atoms with Crippen molar-refractivity contribution in [1.82, 2.24) is 10.1 Å². The van der Waals surface area contributed by atoms with Gasteiger partial charge in [0, 0.05) is 18.5 Å². The van der Waals surface area contributed by atoms with E-state index in [0.29, 0.717) is 5.56 Å². The van der Waals surface area contributed by atoms with Crippen LogP contribution in [0.25, 0.3) is 0 Å². The van der Waals surface area contributed by atoms with Crippen molar-refractivity contribution in [3.8, 4) is 5.75 Å². The van der Waals surface area contributed by atoms with Crippen LogP contribution in [0, 0.1) is 6.92 Å². The maximum absolute atomic E-state index is 12.1. The minimum atomic E-state index is -3.64. The summed E-state index contributed by atoms with van der Waals surface area (Å²) in [6.07, 6.45) is 1.24. The van der Waals surface area contributed by atoms with Crippen LogP contribution in [0.5, 0.6) is 5.75 Å². The van der Waals surface area contributed by atoms with Crippen molar-refractivity contribution >= 4 is 22.1 Å². The molecule has 0 aliphatic rings. The SMILES string of the molecule is Cc1ccc(S(=O)(=O)NCCC(=O)N/N=C\c2ccccc2O)cc1. The van der Waals surface area contributed by atoms with E-state index < -0.39 is 15.9 Å². The van der Waals surface area contributed by atoms with E-state index in [-0.39, 0.29) is 23.6 Å². The number of aromatic hydroxyl groups is 1. The normalized spacial score (nSPS) is 11.6. The Morgan fingerprint density at radius 1 is 1.16 bits per heavy atom. The van der Waals surface area contributed by atoms with Crippen LogP contribution in [0.1, 0.15) is 17.5 Å². The van der Waals surface area contributed by atoms with Gasteiger partial charge in [-0.05, 0) is 31.2 Å². The van der Waals surface area contributed by atoms with Gasteiger partial charge in [-0.1, -0.05) is 29.8 Å². The number of nitrogens with one attached hydrogen (secondary N) is 2. The van der Waals surface area contributed by atoms with Gasteiger partial charge in [-0.3, -0.25) is 4.79 Å². The van der Waals surface area contributed by atoms with Crippen LogP contribution >= 0.6 is 0 Å². The van der Waals surface area contributed by atoms with E-state index in [0.717, 1.165) is 5.56 Å². The molecular weight excluding hydrogens is 342 g/mol. The Kier molecular flexibility index (Phi) is 6.26. The summed E-state index contributed by atoms with van der Waals surface area (Å²) in [7, 11) is -3.64. The molecule has 0 aliphatic carbocycles. The first-order chi connectivity index (χ1) is 11.9. The van der Waals surface area contributed by atoms with Crippen molar-refractivity contribution < 1.29 is 18.3 Å². The Bertz CT molecular complexity index is 862. The molecule has 0 radical (unpaired) electrons. The first-order valence-corrected chi connectivity index (χ1v) is 9.03. The highest BCUT2D eigenvalue weighted by atomic mass is 32.2. The molecule has 25 heavy (non-hydrogen) atoms. The fourth-order valence-electron chi connectivity index (χ4n) is 1.93. The number of nitrogens with zero attached hydrogens (tertiary/aromatic N) is 1. The number of phenols is 1. The minimum Gasteiger partial charge on any atom is -0.507 e. The summed E-state index contributed by atoms with van der Waals surface area (Å²) in [5, 5.41) is 13.3. The molecule has 0 heterocycles. The first kappa shape index (κ1) is 18.6. The molecular formula is C17H19N3O4S. The smallest absolute Gasteiger partial charge is 0.241 e. The fourth-order valence-corrected chi connectivity index (χ4v) is 2.96. The van der Waals surface area contributed by atoms with E-state index in [4.69, 9.17) is 0 Å². The molecule has 0 bridgehead atoms. The number of hydrogen-bond acceptors (Lipinski definition) is 5. The van der Waals surface area contributed by atoms with Crippen LogP contribution in [-0.4, -0.2) is 32.2 Å². The Balaban J connectivity index is 1.80. The molecule has 8 heteroatoms. The predicted molar refractivity (Wildman–Crippen MR) is 94.8 cm³/mol. The van der Waals surface area contributed by atoms with Gasteiger partial charge in [-0.25, -0.2) is 18.6 Å². The lowest BCUT2D eigenvalue weighted by molar-refractivity contribution is -0.120. The fraction of sp³-hybridized carbons (Fsp3) is 0.176. The molecule has 3 N–H and O–H groups in total. The summed E-state index contributed by atoms with van der Waals surface area (Å²) in [6, 6.07) is 13.0. The lowest BCUT2D eigenvalue weighted by Crippen LogP contribution is -2.29. The number of hydrogen-bond donors (Lipinski definition) is 3. The molecule has 0 fully saturated rings. The number of sulfonamides is 1. The Morgan fingerprint density at radius 2 is 1.84 bits per heavy atom. The number of rotatable bonds is 7. The van der Waals surface area contributed by atoms with Gasteiger partial charge in [-0.15, -0.1) is 0 Å². The number of phenolic OH excluding ortho intramolecular Hbond substituents is 1. The van der Waals surface area contributed by atoms with Crippen molar-refractivity contribution in [3.05, 3.63) is 59.7 Å². The predicted octanol–water partition coefficient (Wildman–Crippen LogP) is 1.52. The number of hydrazone groups is 1. The van der Waals surface area contributed by atoms with Gasteiger partial charge in [0.05, 0.1) is 11.1 Å². The highest BCUT2D eigenvalue weighted by Crippen LogP contribution is 2.12. The minimum absolute atomic E-state index is 0.0475. The molecule has 0 atom stereocenters. The number of carbonyl (C=O) groups excluding carboxylic acids is 1. The maximum Gasteiger partial charge on any atom is 0.241 e. The highest BCUT2D eigenvalue weighted by molar-refractivity contribution is 7.89. The Labute approximate surface area is 146 Å². The molecule has 2 rings (SSSR count). The molecule has 7 nitrogen and oxygen atoms in total. The highest BCUT2D eigenvalue weighted by Gasteiger charge is 2.13. The van der Waals surface area contributed by atoms with E-state index in [1.54, 1.807) is 30.3 Å². The number of para-hydroxylation sites is 1. The van der Waals surface area contributed by atoms with Crippen molar-refractivity contribution in [3.63, 3.8) is 0 Å². The van der Waals surface area contributed by atoms with Crippen LogP contribution in [0.2, 0.25) is 0 Å². The standard InChI is InChI=1S/C17H19N3O4S/c1-13-6-8-15(9-7-13)25(23,24)19-11-10-17(22)20-18-12-14-4-2-3-5-16(14)21/h2-9,12,19,21H,10-11H2,1H3,(H,20,22)/b18-12-. The van der Waals surface area contributed by atoms with Crippen LogP contribution in [-0.2, 0) is 14.8 Å². The zero-order valence-electron chi connectivity index (χ0n) is 13.6. The summed E-state index contributed by atoms with van der Waals surface area (Å²) in [4.78, 5) is 11.8. The average molecular weight is 361 g/mol. The van der Waals surface area contributed by atoms with E-state index >= 15 is 0 Å². The van der Waals surface area contributed by atoms with E-state index in [1.165, 1.54) is 24.4 Å². The van der Waals surface area contributed by atoms with Crippen molar-refractivity contribution in [2.24, 2.45) is 5.10 Å². The number of benzene rings is 2. The maximum atomic E-state index is 12.1. The third-order valence-corrected chi connectivity index (χ3v) is 4.78. The van der Waals surface area contributed by atoms with Crippen molar-refractivity contribution in [2.45, 2.75) is 18.2 Å². The number of carbonyl (C=O) groups is 1. The Morgan fingerprint density at radius 3 is 2.52 bits per heavy atom. The van der Waals surface area contributed by atoms with Crippen LogP contribution < -0.4 is 10.1 Å². The summed E-state index contributed by atoms with van der Waals surface area (Å²) in [5.41, 5.74) is 3.70. The van der Waals surface area contributed by atoms with Gasteiger partial charge in [0.25, 0.3) is 0 Å². The molecule has 0 spiro atoms. The third kappa shape index (κ3) is 5.70. The molecule has 2 aromatic carbocycles. The quantitative estimate of drug-likeness (QED) is 0.513. The third-order valence-electron chi connectivity index (χ3n) is 3.31. The monoisotopic (exact) mass is 361 g/mol. The van der Waals surface area contributed by atoms with Crippen LogP contribution in [0.3, 0.4) is 0 Å². The topological polar surface area (TPSA) is 108 Å². The molecule has 1 amide bonds. The zero-order valence-corrected chi connectivity index (χ0v) is 14.5. The van der Waals surface area contributed by atoms with Gasteiger partial charge in [-0.2, -0.15) is 5.10 Å². The second kappa shape index (κ2) is 8.41. The number of aryl methyl sites for hydroxylation is 1. The van der Waals surface area contributed by atoms with Gasteiger partial charge < -0.3 is 5.11 Å². The lowest BCUT2D eigenvalue weighted by Gasteiger charge is -2.06. The van der Waals surface area contributed by atoms with Crippen LogP contribution in [0.4, 0.5) is 0 Å². The van der Waals surface area contributed by atoms with E-state index in [1.807, 2.05) is 6.92 Å². The first-order valence-electron chi connectivity index (χ1n) is 7.55. The summed E-state index contributed by atoms with van der Waals surface area (Å²) < 4.78 is 26.5. The summed E-state index contributed by atoms with van der Waals surface area (Å²) in [5.74, 6) is -0.398. The largest absolute Gasteiger partial charge is 0.507 e. The average Bonchev–Trinajstić information content (AvgIpc) is 2.57. The number of amides is 1. The molecule has 132 valence electrons. The molecule has 0 aromatic heterocycles. The van der Waals surface area contributed by atoms with Crippen LogP contribution in [0.15, 0.2) is 58.5 Å². The van der Waals surface area contributed by atoms with Gasteiger partial charge in [0.2, 0.25) is 15.9 Å². The van der Waals surface area contributed by atoms with Gasteiger partial charge >= 0.3 is 0 Å². The van der Waals surface area contributed by atoms with Crippen molar-refractivity contribution in [1.29, 1.82) is 0 Å². The Hall–Kier alpha value is -2.71. The van der Waals surface area contributed by atoms with E-state index in [9.17, 15) is 18.3 Å². The summed E-state index contributed by atoms with van der Waals surface area (Å²) in [6.45, 7) is 1.82.